The largest absolute Gasteiger partial charge is 0.361 e. The average molecular weight is 316 g/mol. The van der Waals surface area contributed by atoms with Gasteiger partial charge in [-0.05, 0) is 43.0 Å². The zero-order valence-corrected chi connectivity index (χ0v) is 14.2. The molecule has 0 saturated carbocycles. The fourth-order valence-corrected chi connectivity index (χ4v) is 3.10. The number of allylic oxidation sites excluding steroid dienone is 5. The molecule has 1 aromatic carbocycles. The summed E-state index contributed by atoms with van der Waals surface area (Å²) in [6, 6.07) is 16.8. The molecule has 1 aromatic heterocycles. The van der Waals surface area contributed by atoms with Gasteiger partial charge in [0.15, 0.2) is 0 Å². The maximum absolute atomic E-state index is 4.52. The highest BCUT2D eigenvalue weighted by atomic mass is 15.1. The Labute approximate surface area is 144 Å². The lowest BCUT2D eigenvalue weighted by Gasteiger charge is -2.29. The summed E-state index contributed by atoms with van der Waals surface area (Å²) in [7, 11) is 0. The maximum Gasteiger partial charge on any atom is 0.0605 e. The molecule has 0 bridgehead atoms. The summed E-state index contributed by atoms with van der Waals surface area (Å²) >= 11 is 0. The van der Waals surface area contributed by atoms with Crippen LogP contribution in [0.4, 0.5) is 0 Å². The Morgan fingerprint density at radius 2 is 1.92 bits per heavy atom. The maximum atomic E-state index is 4.52. The first-order valence-corrected chi connectivity index (χ1v) is 8.58. The van der Waals surface area contributed by atoms with Crippen molar-refractivity contribution in [2.24, 2.45) is 0 Å². The van der Waals surface area contributed by atoms with Crippen LogP contribution in [0.3, 0.4) is 0 Å². The lowest BCUT2D eigenvalue weighted by Crippen LogP contribution is -2.24. The molecule has 2 aromatic rings. The number of aromatic nitrogens is 1. The Morgan fingerprint density at radius 3 is 2.58 bits per heavy atom. The van der Waals surface area contributed by atoms with Crippen LogP contribution in [0, 0.1) is 0 Å². The average Bonchev–Trinajstić information content (AvgIpc) is 2.65. The van der Waals surface area contributed by atoms with E-state index in [1.165, 1.54) is 16.8 Å². The summed E-state index contributed by atoms with van der Waals surface area (Å²) in [6.45, 7) is 3.83. The highest BCUT2D eigenvalue weighted by Gasteiger charge is 2.15. The molecule has 0 atom stereocenters. The van der Waals surface area contributed by atoms with Crippen LogP contribution in [0.15, 0.2) is 90.3 Å². The molecule has 0 aliphatic heterocycles. The standard InChI is InChI=1S/C22H24N2/c1-2-22(20-13-7-4-8-14-20)24(17-19-11-5-3-6-12-19)18-21-15-9-10-16-23-21/h2-7,9-13,15-16H,8,14,17-18H2,1H3. The van der Waals surface area contributed by atoms with Crippen molar-refractivity contribution in [2.75, 3.05) is 0 Å². The topological polar surface area (TPSA) is 16.1 Å². The molecule has 0 amide bonds. The molecule has 0 fully saturated rings. The Bertz CT molecular complexity index is 686. The van der Waals surface area contributed by atoms with Crippen LogP contribution < -0.4 is 0 Å². The van der Waals surface area contributed by atoms with E-state index in [0.717, 1.165) is 31.6 Å². The van der Waals surface area contributed by atoms with Crippen molar-refractivity contribution in [3.8, 4) is 0 Å². The van der Waals surface area contributed by atoms with Crippen LogP contribution in [-0.4, -0.2) is 9.88 Å². The fraction of sp³-hybridized carbons (Fsp3) is 0.227. The lowest BCUT2D eigenvalue weighted by atomic mass is 10.00. The van der Waals surface area contributed by atoms with E-state index in [0.29, 0.717) is 0 Å². The van der Waals surface area contributed by atoms with Gasteiger partial charge in [0, 0.05) is 18.4 Å². The minimum absolute atomic E-state index is 0.816. The Kier molecular flexibility index (Phi) is 5.62. The van der Waals surface area contributed by atoms with Crippen LogP contribution in [0.2, 0.25) is 0 Å². The molecule has 2 nitrogen and oxygen atoms in total. The third kappa shape index (κ3) is 4.23. The first-order chi connectivity index (χ1) is 11.9. The molecule has 1 heterocycles. The number of benzene rings is 1. The zero-order valence-electron chi connectivity index (χ0n) is 14.2. The molecular weight excluding hydrogens is 292 g/mol. The molecule has 2 heteroatoms. The quantitative estimate of drug-likeness (QED) is 0.722. The molecule has 1 aliphatic carbocycles. The molecule has 122 valence electrons. The van der Waals surface area contributed by atoms with Crippen molar-refractivity contribution in [3.05, 3.63) is 102 Å². The predicted octanol–water partition coefficient (Wildman–Crippen LogP) is 5.26. The van der Waals surface area contributed by atoms with Crippen LogP contribution in [0.25, 0.3) is 0 Å². The van der Waals surface area contributed by atoms with Gasteiger partial charge in [-0.25, -0.2) is 0 Å². The Morgan fingerprint density at radius 1 is 1.08 bits per heavy atom. The minimum atomic E-state index is 0.816. The molecule has 0 unspecified atom stereocenters. The van der Waals surface area contributed by atoms with Gasteiger partial charge in [-0.15, -0.1) is 0 Å². The summed E-state index contributed by atoms with van der Waals surface area (Å²) in [5.74, 6) is 0. The van der Waals surface area contributed by atoms with Crippen molar-refractivity contribution in [3.63, 3.8) is 0 Å². The van der Waals surface area contributed by atoms with E-state index in [4.69, 9.17) is 0 Å². The molecule has 3 rings (SSSR count). The second kappa shape index (κ2) is 8.30. The molecule has 24 heavy (non-hydrogen) atoms. The second-order valence-corrected chi connectivity index (χ2v) is 6.00. The number of hydrogen-bond donors (Lipinski definition) is 0. The van der Waals surface area contributed by atoms with Crippen molar-refractivity contribution >= 4 is 0 Å². The first kappa shape index (κ1) is 16.3. The normalized spacial score (nSPS) is 14.4. The summed E-state index contributed by atoms with van der Waals surface area (Å²) in [4.78, 5) is 6.95. The first-order valence-electron chi connectivity index (χ1n) is 8.58. The van der Waals surface area contributed by atoms with E-state index in [-0.39, 0.29) is 0 Å². The second-order valence-electron chi connectivity index (χ2n) is 6.00. The molecule has 1 aliphatic rings. The van der Waals surface area contributed by atoms with Gasteiger partial charge in [-0.1, -0.05) is 60.7 Å². The van der Waals surface area contributed by atoms with E-state index < -0.39 is 0 Å². The Balaban J connectivity index is 1.88. The summed E-state index contributed by atoms with van der Waals surface area (Å²) < 4.78 is 0. The highest BCUT2D eigenvalue weighted by Crippen LogP contribution is 2.26. The molecule has 0 saturated heterocycles. The van der Waals surface area contributed by atoms with Crippen molar-refractivity contribution in [2.45, 2.75) is 32.9 Å². The SMILES string of the molecule is CC=C(C1=CC=CCC1)N(Cc1ccccc1)Cc1ccccn1. The van der Waals surface area contributed by atoms with Gasteiger partial charge in [-0.2, -0.15) is 0 Å². The predicted molar refractivity (Wildman–Crippen MR) is 100 cm³/mol. The van der Waals surface area contributed by atoms with Crippen molar-refractivity contribution in [1.29, 1.82) is 0 Å². The number of hydrogen-bond acceptors (Lipinski definition) is 2. The number of rotatable bonds is 6. The summed E-state index contributed by atoms with van der Waals surface area (Å²) in [6.07, 6.45) is 13.0. The van der Waals surface area contributed by atoms with Gasteiger partial charge < -0.3 is 4.90 Å². The Hall–Kier alpha value is -2.61. The molecule has 0 N–H and O–H groups in total. The van der Waals surface area contributed by atoms with E-state index in [1.54, 1.807) is 0 Å². The van der Waals surface area contributed by atoms with Crippen LogP contribution in [0.5, 0.6) is 0 Å². The van der Waals surface area contributed by atoms with E-state index in [9.17, 15) is 0 Å². The van der Waals surface area contributed by atoms with E-state index >= 15 is 0 Å². The van der Waals surface area contributed by atoms with Crippen LogP contribution >= 0.6 is 0 Å². The van der Waals surface area contributed by atoms with Gasteiger partial charge in [0.25, 0.3) is 0 Å². The van der Waals surface area contributed by atoms with Gasteiger partial charge >= 0.3 is 0 Å². The summed E-state index contributed by atoms with van der Waals surface area (Å²) in [5, 5.41) is 0. The van der Waals surface area contributed by atoms with Crippen LogP contribution in [-0.2, 0) is 13.1 Å². The molecule has 0 radical (unpaired) electrons. The lowest BCUT2D eigenvalue weighted by molar-refractivity contribution is 0.328. The van der Waals surface area contributed by atoms with Gasteiger partial charge in [0.2, 0.25) is 0 Å². The highest BCUT2D eigenvalue weighted by molar-refractivity contribution is 5.35. The fourth-order valence-electron chi connectivity index (χ4n) is 3.10. The molecular formula is C22H24N2. The van der Waals surface area contributed by atoms with Crippen molar-refractivity contribution in [1.82, 2.24) is 9.88 Å². The smallest absolute Gasteiger partial charge is 0.0605 e. The third-order valence-electron chi connectivity index (χ3n) is 4.25. The van der Waals surface area contributed by atoms with E-state index in [2.05, 4.69) is 83.6 Å². The van der Waals surface area contributed by atoms with E-state index in [1.807, 2.05) is 12.3 Å². The van der Waals surface area contributed by atoms with Crippen LogP contribution in [0.1, 0.15) is 31.0 Å². The van der Waals surface area contributed by atoms with Gasteiger partial charge in [-0.3, -0.25) is 4.98 Å². The summed E-state index contributed by atoms with van der Waals surface area (Å²) in [5.41, 5.74) is 5.14. The number of nitrogens with zero attached hydrogens (tertiary/aromatic N) is 2. The monoisotopic (exact) mass is 316 g/mol. The van der Waals surface area contributed by atoms with Gasteiger partial charge in [0.05, 0.1) is 12.2 Å². The number of pyridine rings is 1. The minimum Gasteiger partial charge on any atom is -0.361 e. The molecule has 0 spiro atoms. The zero-order chi connectivity index (χ0) is 16.6. The van der Waals surface area contributed by atoms with Gasteiger partial charge in [0.1, 0.15) is 0 Å². The third-order valence-corrected chi connectivity index (χ3v) is 4.25. The van der Waals surface area contributed by atoms with Crippen molar-refractivity contribution < 1.29 is 0 Å².